The van der Waals surface area contributed by atoms with E-state index in [0.29, 0.717) is 6.42 Å². The molecule has 3 atom stereocenters. The fraction of sp³-hybridized carbons (Fsp3) is 0.600. The van der Waals surface area contributed by atoms with Crippen LogP contribution in [0.15, 0.2) is 17.1 Å². The first-order valence-corrected chi connectivity index (χ1v) is 6.58. The first-order chi connectivity index (χ1) is 8.15. The van der Waals surface area contributed by atoms with Crippen molar-refractivity contribution in [3.8, 4) is 0 Å². The first kappa shape index (κ1) is 12.4. The minimum Gasteiger partial charge on any atom is -0.394 e. The van der Waals surface area contributed by atoms with Crippen LogP contribution in [0.2, 0.25) is 0 Å². The molecule has 0 radical (unpaired) electrons. The smallest absolute Gasteiger partial charge is 0.351 e. The van der Waals surface area contributed by atoms with Gasteiger partial charge in [-0.25, -0.2) is 4.79 Å². The van der Waals surface area contributed by atoms with Gasteiger partial charge in [-0.2, -0.15) is 16.7 Å². The van der Waals surface area contributed by atoms with Crippen LogP contribution in [0.3, 0.4) is 0 Å². The molecule has 0 amide bonds. The second-order valence-electron chi connectivity index (χ2n) is 3.86. The highest BCUT2D eigenvalue weighted by Crippen LogP contribution is 2.34. The number of nitrogen functional groups attached to an aromatic ring is 1. The predicted molar refractivity (Wildman–Crippen MR) is 65.8 cm³/mol. The maximum absolute atomic E-state index is 11.6. The van der Waals surface area contributed by atoms with Crippen LogP contribution in [-0.2, 0) is 4.74 Å². The van der Waals surface area contributed by atoms with Crippen molar-refractivity contribution in [2.75, 3.05) is 18.6 Å². The lowest BCUT2D eigenvalue weighted by molar-refractivity contribution is -0.0236. The molecule has 1 aliphatic rings. The number of aromatic nitrogens is 2. The van der Waals surface area contributed by atoms with Gasteiger partial charge in [0, 0.05) is 17.9 Å². The van der Waals surface area contributed by atoms with Gasteiger partial charge in [0.05, 0.1) is 12.7 Å². The third-order valence-corrected chi connectivity index (χ3v) is 3.93. The zero-order valence-corrected chi connectivity index (χ0v) is 10.3. The van der Waals surface area contributed by atoms with Crippen molar-refractivity contribution in [1.29, 1.82) is 0 Å². The van der Waals surface area contributed by atoms with Crippen LogP contribution in [0, 0.1) is 0 Å². The lowest BCUT2D eigenvalue weighted by Gasteiger charge is -2.14. The number of rotatable bonds is 3. The summed E-state index contributed by atoms with van der Waals surface area (Å²) < 4.78 is 7.04. The maximum atomic E-state index is 11.6. The van der Waals surface area contributed by atoms with Crippen molar-refractivity contribution in [2.45, 2.75) is 24.0 Å². The number of thioether (sulfide) groups is 1. The van der Waals surface area contributed by atoms with Crippen LogP contribution < -0.4 is 11.4 Å². The van der Waals surface area contributed by atoms with E-state index in [9.17, 15) is 9.90 Å². The molecule has 7 heteroatoms. The number of anilines is 1. The summed E-state index contributed by atoms with van der Waals surface area (Å²) in [5, 5.41) is 9.37. The Labute approximate surface area is 103 Å². The third-order valence-electron chi connectivity index (χ3n) is 2.82. The van der Waals surface area contributed by atoms with E-state index in [4.69, 9.17) is 10.5 Å². The molecule has 0 unspecified atom stereocenters. The zero-order valence-electron chi connectivity index (χ0n) is 9.44. The number of hydrogen-bond acceptors (Lipinski definition) is 6. The minimum absolute atomic E-state index is 0.0425. The Kier molecular flexibility index (Phi) is 3.70. The second-order valence-corrected chi connectivity index (χ2v) is 4.94. The largest absolute Gasteiger partial charge is 0.394 e. The van der Waals surface area contributed by atoms with Crippen LogP contribution in [0.1, 0.15) is 12.6 Å². The minimum atomic E-state index is -0.423. The molecule has 2 heterocycles. The van der Waals surface area contributed by atoms with Gasteiger partial charge in [0.1, 0.15) is 12.0 Å². The normalized spacial score (nSPS) is 28.5. The standard InChI is InChI=1S/C10H15N3O3S/c1-17-7-4-9(16-6(7)5-14)13-3-2-8(11)12-10(13)15/h2-3,6-7,9,14H,4-5H2,1H3,(H2,11,12,15)/t6-,7+,9-/m1/s1. The molecule has 3 N–H and O–H groups in total. The van der Waals surface area contributed by atoms with Gasteiger partial charge < -0.3 is 15.6 Å². The molecule has 17 heavy (non-hydrogen) atoms. The summed E-state index contributed by atoms with van der Waals surface area (Å²) in [6, 6.07) is 1.56. The van der Waals surface area contributed by atoms with E-state index in [2.05, 4.69) is 4.98 Å². The second kappa shape index (κ2) is 5.07. The first-order valence-electron chi connectivity index (χ1n) is 5.29. The van der Waals surface area contributed by atoms with Crippen LogP contribution in [0.5, 0.6) is 0 Å². The van der Waals surface area contributed by atoms with Crippen LogP contribution in [0.25, 0.3) is 0 Å². The summed E-state index contributed by atoms with van der Waals surface area (Å²) in [4.78, 5) is 15.3. The van der Waals surface area contributed by atoms with Gasteiger partial charge in [-0.05, 0) is 12.3 Å². The number of hydrogen-bond donors (Lipinski definition) is 2. The van der Waals surface area contributed by atoms with Crippen molar-refractivity contribution < 1.29 is 9.84 Å². The van der Waals surface area contributed by atoms with Gasteiger partial charge in [-0.3, -0.25) is 4.57 Å². The number of nitrogens with zero attached hydrogens (tertiary/aromatic N) is 2. The molecule has 0 aromatic carbocycles. The Hall–Kier alpha value is -1.05. The highest BCUT2D eigenvalue weighted by Gasteiger charge is 2.35. The summed E-state index contributed by atoms with van der Waals surface area (Å²) in [5.41, 5.74) is 5.00. The van der Waals surface area contributed by atoms with E-state index in [1.165, 1.54) is 4.57 Å². The van der Waals surface area contributed by atoms with Gasteiger partial charge in [-0.1, -0.05) is 0 Å². The van der Waals surface area contributed by atoms with Crippen molar-refractivity contribution in [3.63, 3.8) is 0 Å². The van der Waals surface area contributed by atoms with E-state index in [0.717, 1.165) is 0 Å². The molecule has 0 aliphatic carbocycles. The molecule has 1 fully saturated rings. The summed E-state index contributed by atoms with van der Waals surface area (Å²) >= 11 is 1.63. The van der Waals surface area contributed by atoms with Gasteiger partial charge in [0.2, 0.25) is 0 Å². The lowest BCUT2D eigenvalue weighted by atomic mass is 10.2. The lowest BCUT2D eigenvalue weighted by Crippen LogP contribution is -2.27. The highest BCUT2D eigenvalue weighted by atomic mass is 32.2. The van der Waals surface area contributed by atoms with Crippen molar-refractivity contribution >= 4 is 17.6 Å². The molecular formula is C10H15N3O3S. The fourth-order valence-electron chi connectivity index (χ4n) is 1.93. The third kappa shape index (κ3) is 2.46. The topological polar surface area (TPSA) is 90.4 Å². The van der Waals surface area contributed by atoms with Crippen molar-refractivity contribution in [3.05, 3.63) is 22.7 Å². The molecule has 94 valence electrons. The van der Waals surface area contributed by atoms with Gasteiger partial charge >= 0.3 is 5.69 Å². The average Bonchev–Trinajstić information content (AvgIpc) is 2.72. The fourth-order valence-corrected chi connectivity index (χ4v) is 2.74. The average molecular weight is 257 g/mol. The Morgan fingerprint density at radius 2 is 2.53 bits per heavy atom. The summed E-state index contributed by atoms with van der Waals surface area (Å²) in [6.07, 6.45) is 3.61. The SMILES string of the molecule is CS[C@H]1C[C@H](n2ccc(N)nc2=O)O[C@@H]1CO. The molecule has 0 saturated carbocycles. The summed E-state index contributed by atoms with van der Waals surface area (Å²) in [7, 11) is 0. The molecule has 0 bridgehead atoms. The quantitative estimate of drug-likeness (QED) is 0.781. The van der Waals surface area contributed by atoms with Crippen LogP contribution in [0.4, 0.5) is 5.82 Å². The van der Waals surface area contributed by atoms with E-state index in [-0.39, 0.29) is 30.0 Å². The number of ether oxygens (including phenoxy) is 1. The number of aliphatic hydroxyl groups excluding tert-OH is 1. The van der Waals surface area contributed by atoms with Gasteiger partial charge in [0.25, 0.3) is 0 Å². The Bertz CT molecular complexity index is 439. The summed E-state index contributed by atoms with van der Waals surface area (Å²) in [6.45, 7) is -0.0425. The highest BCUT2D eigenvalue weighted by molar-refractivity contribution is 7.99. The van der Waals surface area contributed by atoms with Gasteiger partial charge in [0.15, 0.2) is 0 Å². The van der Waals surface area contributed by atoms with E-state index < -0.39 is 5.69 Å². The van der Waals surface area contributed by atoms with E-state index in [1.54, 1.807) is 24.0 Å². The summed E-state index contributed by atoms with van der Waals surface area (Å²) in [5.74, 6) is 0.198. The molecular weight excluding hydrogens is 242 g/mol. The van der Waals surface area contributed by atoms with E-state index in [1.807, 2.05) is 6.26 Å². The Balaban J connectivity index is 2.22. The molecule has 0 spiro atoms. The number of aliphatic hydroxyl groups is 1. The molecule has 1 saturated heterocycles. The monoisotopic (exact) mass is 257 g/mol. The van der Waals surface area contributed by atoms with Crippen molar-refractivity contribution in [2.24, 2.45) is 0 Å². The maximum Gasteiger partial charge on any atom is 0.351 e. The predicted octanol–water partition coefficient (Wildman–Crippen LogP) is -0.163. The zero-order chi connectivity index (χ0) is 12.4. The van der Waals surface area contributed by atoms with Crippen molar-refractivity contribution in [1.82, 2.24) is 9.55 Å². The van der Waals surface area contributed by atoms with Crippen LogP contribution >= 0.6 is 11.8 Å². The van der Waals surface area contributed by atoms with Gasteiger partial charge in [-0.15, -0.1) is 0 Å². The molecule has 2 rings (SSSR count). The Morgan fingerprint density at radius 1 is 1.76 bits per heavy atom. The molecule has 1 aromatic rings. The molecule has 1 aliphatic heterocycles. The molecule has 1 aromatic heterocycles. The Morgan fingerprint density at radius 3 is 3.06 bits per heavy atom. The number of nitrogens with two attached hydrogens (primary N) is 1. The van der Waals surface area contributed by atoms with E-state index >= 15 is 0 Å². The molecule has 6 nitrogen and oxygen atoms in total. The van der Waals surface area contributed by atoms with Crippen LogP contribution in [-0.4, -0.2) is 38.9 Å².